The van der Waals surface area contributed by atoms with Crippen molar-refractivity contribution in [1.29, 1.82) is 0 Å². The van der Waals surface area contributed by atoms with Gasteiger partial charge < -0.3 is 31.1 Å². The summed E-state index contributed by atoms with van der Waals surface area (Å²) in [6.07, 6.45) is 0.0477. The molecule has 5 rings (SSSR count). The minimum absolute atomic E-state index is 0.0566. The number of ketones is 4. The molecule has 13 nitrogen and oxygen atoms in total. The smallest absolute Gasteiger partial charge is 0.255 e. The fraction of sp³-hybridized carbons (Fsp3) is 0.438. The lowest BCUT2D eigenvalue weighted by atomic mass is 9.52. The summed E-state index contributed by atoms with van der Waals surface area (Å²) >= 11 is 0. The van der Waals surface area contributed by atoms with Gasteiger partial charge in [-0.3, -0.25) is 33.7 Å². The fourth-order valence-corrected chi connectivity index (χ4v) is 7.25. The summed E-state index contributed by atoms with van der Waals surface area (Å²) in [5, 5.41) is 25.8. The van der Waals surface area contributed by atoms with Gasteiger partial charge in [0.2, 0.25) is 5.91 Å². The second-order valence-electron chi connectivity index (χ2n) is 12.7. The van der Waals surface area contributed by atoms with E-state index in [-0.39, 0.29) is 24.1 Å². The maximum atomic E-state index is 14.2. The highest BCUT2D eigenvalue weighted by Crippen LogP contribution is 2.52. The zero-order valence-electron chi connectivity index (χ0n) is 26.0. The molecule has 3 aliphatic rings. The van der Waals surface area contributed by atoms with Gasteiger partial charge in [0.25, 0.3) is 5.91 Å². The number of rotatable bonds is 6. The molecule has 4 unspecified atom stereocenters. The van der Waals surface area contributed by atoms with Gasteiger partial charge >= 0.3 is 0 Å². The first-order valence-corrected chi connectivity index (χ1v) is 14.5. The molecule has 2 saturated carbocycles. The Morgan fingerprint density at radius 1 is 0.956 bits per heavy atom. The van der Waals surface area contributed by atoms with Gasteiger partial charge in [0.05, 0.1) is 23.2 Å². The van der Waals surface area contributed by atoms with Crippen LogP contribution >= 0.6 is 0 Å². The number of aromatic hydroxyl groups is 1. The highest BCUT2D eigenvalue weighted by atomic mass is 16.3. The normalized spacial score (nSPS) is 27.4. The number of phenols is 1. The van der Waals surface area contributed by atoms with Gasteiger partial charge in [-0.1, -0.05) is 0 Å². The van der Waals surface area contributed by atoms with E-state index < -0.39 is 76.0 Å². The summed E-state index contributed by atoms with van der Waals surface area (Å²) in [4.78, 5) is 85.4. The summed E-state index contributed by atoms with van der Waals surface area (Å²) in [7, 11) is 10.2. The quantitative estimate of drug-likeness (QED) is 0.256. The van der Waals surface area contributed by atoms with Gasteiger partial charge in [-0.15, -0.1) is 0 Å². The lowest BCUT2D eigenvalue weighted by molar-refractivity contribution is -0.181. The topological polar surface area (TPSA) is 191 Å². The van der Waals surface area contributed by atoms with Crippen LogP contribution in [0.15, 0.2) is 30.3 Å². The van der Waals surface area contributed by atoms with Crippen LogP contribution < -0.4 is 20.9 Å². The third-order valence-electron chi connectivity index (χ3n) is 9.41. The SMILES string of the molecule is CN(C)c1ccc(C(=O)Nc2cc(N(C)C)c3c(c2O)C(=O)C2C(=O)[C@]4(O)C(=O)C(C(N)=O)C(=O)[C@@H](N(C)C)C4CC2C3)cc1. The van der Waals surface area contributed by atoms with Crippen LogP contribution in [0.1, 0.15) is 32.7 Å². The van der Waals surface area contributed by atoms with E-state index in [1.165, 1.54) is 19.0 Å². The van der Waals surface area contributed by atoms with Crippen molar-refractivity contribution in [2.24, 2.45) is 29.4 Å². The van der Waals surface area contributed by atoms with Crippen LogP contribution in [-0.2, 0) is 25.6 Å². The number of fused-ring (bicyclic) bond motifs is 3. The number of Topliss-reactive ketones (excluding diaryl/α,β-unsaturated/α-hetero) is 4. The van der Waals surface area contributed by atoms with Crippen LogP contribution in [0.2, 0.25) is 0 Å². The molecule has 45 heavy (non-hydrogen) atoms. The Morgan fingerprint density at radius 2 is 1.58 bits per heavy atom. The van der Waals surface area contributed by atoms with Gasteiger partial charge in [0, 0.05) is 51.0 Å². The summed E-state index contributed by atoms with van der Waals surface area (Å²) < 4.78 is 0. The number of hydrogen-bond donors (Lipinski definition) is 4. The number of primary amides is 1. The molecule has 6 atom stereocenters. The first-order chi connectivity index (χ1) is 21.0. The third kappa shape index (κ3) is 4.77. The van der Waals surface area contributed by atoms with E-state index in [4.69, 9.17) is 5.73 Å². The van der Waals surface area contributed by atoms with E-state index in [1.54, 1.807) is 49.3 Å². The van der Waals surface area contributed by atoms with Crippen molar-refractivity contribution in [2.75, 3.05) is 57.4 Å². The molecule has 2 amide bonds. The molecular formula is C32H37N5O8. The van der Waals surface area contributed by atoms with Gasteiger partial charge in [-0.05, 0) is 68.8 Å². The van der Waals surface area contributed by atoms with Crippen molar-refractivity contribution in [3.63, 3.8) is 0 Å². The van der Waals surface area contributed by atoms with Crippen molar-refractivity contribution in [3.8, 4) is 5.75 Å². The Hall–Kier alpha value is -4.62. The number of likely N-dealkylation sites (N-methyl/N-ethyl adjacent to an activating group) is 1. The predicted octanol–water partition coefficient (Wildman–Crippen LogP) is 0.251. The van der Waals surface area contributed by atoms with E-state index in [0.717, 1.165) is 5.69 Å². The molecule has 0 spiro atoms. The first-order valence-electron chi connectivity index (χ1n) is 14.5. The minimum atomic E-state index is -2.82. The monoisotopic (exact) mass is 619 g/mol. The molecule has 2 fully saturated rings. The number of carbonyl (C=O) groups excluding carboxylic acids is 6. The highest BCUT2D eigenvalue weighted by molar-refractivity contribution is 6.32. The van der Waals surface area contributed by atoms with Crippen LogP contribution in [-0.4, -0.2) is 104 Å². The van der Waals surface area contributed by atoms with Gasteiger partial charge in [-0.25, -0.2) is 0 Å². The van der Waals surface area contributed by atoms with Gasteiger partial charge in [0.1, 0.15) is 5.75 Å². The molecule has 2 aromatic carbocycles. The maximum absolute atomic E-state index is 14.2. The Bertz CT molecular complexity index is 1650. The maximum Gasteiger partial charge on any atom is 0.255 e. The molecule has 0 heterocycles. The van der Waals surface area contributed by atoms with Crippen LogP contribution in [0, 0.1) is 23.7 Å². The molecule has 2 aromatic rings. The number of nitrogens with zero attached hydrogens (tertiary/aromatic N) is 3. The molecule has 0 saturated heterocycles. The van der Waals surface area contributed by atoms with Crippen molar-refractivity contribution >= 4 is 52.0 Å². The largest absolute Gasteiger partial charge is 0.505 e. The average molecular weight is 620 g/mol. The van der Waals surface area contributed by atoms with Crippen molar-refractivity contribution in [3.05, 3.63) is 47.0 Å². The first kappa shape index (κ1) is 31.8. The van der Waals surface area contributed by atoms with Crippen LogP contribution in [0.3, 0.4) is 0 Å². The van der Waals surface area contributed by atoms with E-state index in [2.05, 4.69) is 5.32 Å². The Balaban J connectivity index is 1.58. The van der Waals surface area contributed by atoms with Crippen LogP contribution in [0.25, 0.3) is 0 Å². The molecule has 0 radical (unpaired) electrons. The lowest BCUT2D eigenvalue weighted by Gasteiger charge is -2.52. The number of phenolic OH excluding ortho intramolecular Hbond substituents is 1. The molecule has 0 aliphatic heterocycles. The number of benzene rings is 2. The number of amides is 2. The summed E-state index contributed by atoms with van der Waals surface area (Å²) in [6.45, 7) is 0. The third-order valence-corrected chi connectivity index (χ3v) is 9.41. The molecule has 3 aliphatic carbocycles. The second kappa shape index (κ2) is 11.1. The fourth-order valence-electron chi connectivity index (χ4n) is 7.25. The Kier molecular flexibility index (Phi) is 7.82. The van der Waals surface area contributed by atoms with Crippen LogP contribution in [0.4, 0.5) is 17.1 Å². The molecule has 5 N–H and O–H groups in total. The molecule has 13 heteroatoms. The van der Waals surface area contributed by atoms with Crippen LogP contribution in [0.5, 0.6) is 5.75 Å². The van der Waals surface area contributed by atoms with E-state index in [1.807, 2.05) is 19.0 Å². The minimum Gasteiger partial charge on any atom is -0.505 e. The number of hydrogen-bond acceptors (Lipinski definition) is 11. The summed E-state index contributed by atoms with van der Waals surface area (Å²) in [5.41, 5.74) is 4.41. The summed E-state index contributed by atoms with van der Waals surface area (Å²) in [6, 6.07) is 7.11. The average Bonchev–Trinajstić information content (AvgIpc) is 2.95. The van der Waals surface area contributed by atoms with E-state index >= 15 is 0 Å². The van der Waals surface area contributed by atoms with E-state index in [0.29, 0.717) is 16.8 Å². The zero-order valence-corrected chi connectivity index (χ0v) is 26.0. The van der Waals surface area contributed by atoms with Gasteiger partial charge in [-0.2, -0.15) is 0 Å². The molecule has 238 valence electrons. The number of nitrogens with two attached hydrogens (primary N) is 1. The molecular weight excluding hydrogens is 582 g/mol. The number of carbonyl (C=O) groups is 6. The van der Waals surface area contributed by atoms with Crippen molar-refractivity contribution < 1.29 is 39.0 Å². The van der Waals surface area contributed by atoms with Crippen molar-refractivity contribution in [1.82, 2.24) is 4.90 Å². The Morgan fingerprint density at radius 3 is 2.11 bits per heavy atom. The lowest BCUT2D eigenvalue weighted by Crippen LogP contribution is -2.74. The van der Waals surface area contributed by atoms with Crippen molar-refractivity contribution in [2.45, 2.75) is 24.5 Å². The number of anilines is 3. The van der Waals surface area contributed by atoms with Gasteiger partial charge in [0.15, 0.2) is 34.7 Å². The Labute approximate surface area is 259 Å². The molecule has 0 bridgehead atoms. The zero-order chi connectivity index (χ0) is 33.3. The summed E-state index contributed by atoms with van der Waals surface area (Å²) in [5.74, 6) is -12.0. The number of aliphatic hydroxyl groups is 1. The predicted molar refractivity (Wildman–Crippen MR) is 164 cm³/mol. The highest BCUT2D eigenvalue weighted by Gasteiger charge is 2.69. The second-order valence-corrected chi connectivity index (χ2v) is 12.7. The standard InChI is InChI=1S/C32H37N5O8/c1-35(2)16-9-7-14(8-10-16)31(44)34-19-13-20(36(3)4)17-11-15-12-18-24(37(5)6)27(40)23(30(33)43)29(42)32(18,45)28(41)21(15)26(39)22(17)25(19)38/h7-10,13,15,18,21,23-24,38,45H,11-12H2,1-6H3,(H2,33,43)(H,34,44)/t15?,18?,21?,23?,24-,32-/m0/s1. The number of nitrogens with one attached hydrogen (secondary N) is 1. The molecule has 0 aromatic heterocycles. The van der Waals surface area contributed by atoms with E-state index in [9.17, 15) is 39.0 Å².